The highest BCUT2D eigenvalue weighted by Crippen LogP contribution is 2.60. The Kier molecular flexibility index (Phi) is 4.09. The van der Waals surface area contributed by atoms with E-state index < -0.39 is 0 Å². The Hall–Kier alpha value is -2.23. The van der Waals surface area contributed by atoms with Crippen LogP contribution in [0.3, 0.4) is 0 Å². The summed E-state index contributed by atoms with van der Waals surface area (Å²) in [5.41, 5.74) is 2.71. The molecule has 2 aliphatic carbocycles. The summed E-state index contributed by atoms with van der Waals surface area (Å²) in [4.78, 5) is 12.3. The van der Waals surface area contributed by atoms with Gasteiger partial charge in [0.1, 0.15) is 11.5 Å². The second kappa shape index (κ2) is 6.19. The Morgan fingerprint density at radius 2 is 1.88 bits per heavy atom. The normalized spacial score (nSPS) is 26.9. The Bertz CT molecular complexity index is 872. The van der Waals surface area contributed by atoms with Crippen molar-refractivity contribution in [2.45, 2.75) is 38.5 Å². The molecule has 4 rings (SSSR count). The van der Waals surface area contributed by atoms with Crippen molar-refractivity contribution in [3.05, 3.63) is 35.4 Å². The van der Waals surface area contributed by atoms with E-state index in [1.165, 1.54) is 23.6 Å². The number of fused-ring (bicyclic) bond motifs is 5. The van der Waals surface area contributed by atoms with Gasteiger partial charge in [-0.25, -0.2) is 0 Å². The van der Waals surface area contributed by atoms with Crippen LogP contribution < -0.4 is 9.47 Å². The number of carbonyl (C=O) groups excluding carboxylic acids is 1. The van der Waals surface area contributed by atoms with E-state index >= 15 is 0 Å². The predicted octanol–water partition coefficient (Wildman–Crippen LogP) is 4.48. The number of methoxy groups -OCH3 is 3. The SMILES string of the molecule is COC(=O)[C@H]1CC[C@H]2c3cc(OC)c4cc(OC)ccc4c3CC[C@]12C. The standard InChI is InChI=1S/C22H26O4/c1-22-10-9-15-14-6-5-13(24-2)11-17(14)20(25-3)12-16(15)18(22)7-8-19(22)21(23)26-4/h5-6,11-12,18-19H,7-10H2,1-4H3/t18-,19+,22-/m0/s1. The molecular weight excluding hydrogens is 328 g/mol. The average Bonchev–Trinajstić information content (AvgIpc) is 3.03. The van der Waals surface area contributed by atoms with Crippen molar-refractivity contribution in [1.82, 2.24) is 0 Å². The van der Waals surface area contributed by atoms with Crippen LogP contribution in [-0.2, 0) is 16.0 Å². The highest BCUT2D eigenvalue weighted by atomic mass is 16.5. The van der Waals surface area contributed by atoms with E-state index in [2.05, 4.69) is 19.1 Å². The van der Waals surface area contributed by atoms with Crippen LogP contribution in [0.2, 0.25) is 0 Å². The summed E-state index contributed by atoms with van der Waals surface area (Å²) in [5, 5.41) is 2.33. The number of esters is 1. The first-order valence-corrected chi connectivity index (χ1v) is 9.28. The summed E-state index contributed by atoms with van der Waals surface area (Å²) < 4.78 is 16.2. The van der Waals surface area contributed by atoms with Gasteiger partial charge in [-0.3, -0.25) is 4.79 Å². The first-order chi connectivity index (χ1) is 12.5. The van der Waals surface area contributed by atoms with Gasteiger partial charge in [0, 0.05) is 5.39 Å². The fourth-order valence-corrected chi connectivity index (χ4v) is 5.36. The second-order valence-electron chi connectivity index (χ2n) is 7.77. The second-order valence-corrected chi connectivity index (χ2v) is 7.77. The number of rotatable bonds is 3. The van der Waals surface area contributed by atoms with E-state index in [-0.39, 0.29) is 17.3 Å². The molecule has 2 aromatic carbocycles. The molecule has 2 aliphatic rings. The molecule has 0 bridgehead atoms. The van der Waals surface area contributed by atoms with Gasteiger partial charge >= 0.3 is 5.97 Å². The third kappa shape index (κ3) is 2.31. The molecule has 26 heavy (non-hydrogen) atoms. The van der Waals surface area contributed by atoms with E-state index in [0.717, 1.165) is 42.6 Å². The van der Waals surface area contributed by atoms with Crippen molar-refractivity contribution >= 4 is 16.7 Å². The minimum atomic E-state index is -0.0593. The molecule has 0 aliphatic heterocycles. The third-order valence-electron chi connectivity index (χ3n) is 6.78. The van der Waals surface area contributed by atoms with Crippen molar-refractivity contribution in [2.24, 2.45) is 11.3 Å². The molecule has 1 saturated carbocycles. The Morgan fingerprint density at radius 1 is 1.08 bits per heavy atom. The topological polar surface area (TPSA) is 44.8 Å². The molecule has 138 valence electrons. The van der Waals surface area contributed by atoms with Crippen molar-refractivity contribution in [3.63, 3.8) is 0 Å². The van der Waals surface area contributed by atoms with Gasteiger partial charge in [0.25, 0.3) is 0 Å². The van der Waals surface area contributed by atoms with Crippen molar-refractivity contribution < 1.29 is 19.0 Å². The van der Waals surface area contributed by atoms with Gasteiger partial charge in [0.15, 0.2) is 0 Å². The monoisotopic (exact) mass is 354 g/mol. The van der Waals surface area contributed by atoms with Gasteiger partial charge in [0.2, 0.25) is 0 Å². The predicted molar refractivity (Wildman–Crippen MR) is 101 cm³/mol. The zero-order chi connectivity index (χ0) is 18.5. The minimum absolute atomic E-state index is 0.0109. The quantitative estimate of drug-likeness (QED) is 0.763. The summed E-state index contributed by atoms with van der Waals surface area (Å²) >= 11 is 0. The van der Waals surface area contributed by atoms with Crippen LogP contribution in [0.5, 0.6) is 11.5 Å². The van der Waals surface area contributed by atoms with Crippen LogP contribution in [0.4, 0.5) is 0 Å². The minimum Gasteiger partial charge on any atom is -0.497 e. The molecule has 0 N–H and O–H groups in total. The molecule has 0 heterocycles. The molecule has 3 atom stereocenters. The van der Waals surface area contributed by atoms with Crippen LogP contribution in [0.25, 0.3) is 10.8 Å². The van der Waals surface area contributed by atoms with Crippen LogP contribution in [-0.4, -0.2) is 27.3 Å². The van der Waals surface area contributed by atoms with Crippen LogP contribution >= 0.6 is 0 Å². The van der Waals surface area contributed by atoms with Gasteiger partial charge in [-0.1, -0.05) is 13.0 Å². The summed E-state index contributed by atoms with van der Waals surface area (Å²) in [6.07, 6.45) is 3.91. The van der Waals surface area contributed by atoms with Crippen LogP contribution in [0, 0.1) is 11.3 Å². The lowest BCUT2D eigenvalue weighted by molar-refractivity contribution is -0.149. The van der Waals surface area contributed by atoms with Crippen molar-refractivity contribution in [3.8, 4) is 11.5 Å². The maximum Gasteiger partial charge on any atom is 0.309 e. The molecule has 0 amide bonds. The summed E-state index contributed by atoms with van der Waals surface area (Å²) in [6.45, 7) is 2.26. The van der Waals surface area contributed by atoms with Crippen molar-refractivity contribution in [1.29, 1.82) is 0 Å². The average molecular weight is 354 g/mol. The van der Waals surface area contributed by atoms with E-state index in [0.29, 0.717) is 5.92 Å². The van der Waals surface area contributed by atoms with Crippen LogP contribution in [0.1, 0.15) is 43.2 Å². The van der Waals surface area contributed by atoms with Gasteiger partial charge in [-0.05, 0) is 71.7 Å². The Balaban J connectivity index is 1.88. The molecule has 0 unspecified atom stereocenters. The molecule has 0 radical (unpaired) electrons. The number of aryl methyl sites for hydroxylation is 1. The first kappa shape index (κ1) is 17.2. The lowest BCUT2D eigenvalue weighted by atomic mass is 9.63. The van der Waals surface area contributed by atoms with Crippen LogP contribution in [0.15, 0.2) is 24.3 Å². The number of hydrogen-bond acceptors (Lipinski definition) is 4. The van der Waals surface area contributed by atoms with E-state index in [4.69, 9.17) is 14.2 Å². The Morgan fingerprint density at radius 3 is 2.58 bits per heavy atom. The van der Waals surface area contributed by atoms with E-state index in [9.17, 15) is 4.79 Å². The molecule has 1 fully saturated rings. The maximum atomic E-state index is 12.3. The molecule has 0 aromatic heterocycles. The molecule has 4 heteroatoms. The fraction of sp³-hybridized carbons (Fsp3) is 0.500. The smallest absolute Gasteiger partial charge is 0.309 e. The van der Waals surface area contributed by atoms with Gasteiger partial charge in [-0.2, -0.15) is 0 Å². The number of carbonyl (C=O) groups is 1. The first-order valence-electron chi connectivity index (χ1n) is 9.28. The van der Waals surface area contributed by atoms with Gasteiger partial charge < -0.3 is 14.2 Å². The summed E-state index contributed by atoms with van der Waals surface area (Å²) in [6, 6.07) is 8.40. The highest BCUT2D eigenvalue weighted by Gasteiger charge is 2.53. The highest BCUT2D eigenvalue weighted by molar-refractivity contribution is 5.94. The van der Waals surface area contributed by atoms with E-state index in [1.807, 2.05) is 12.1 Å². The fourth-order valence-electron chi connectivity index (χ4n) is 5.36. The molecule has 2 aromatic rings. The molecule has 4 nitrogen and oxygen atoms in total. The summed E-state index contributed by atoms with van der Waals surface area (Å²) in [7, 11) is 4.90. The largest absolute Gasteiger partial charge is 0.497 e. The zero-order valence-corrected chi connectivity index (χ0v) is 15.9. The lowest BCUT2D eigenvalue weighted by Gasteiger charge is -2.41. The Labute approximate surface area is 154 Å². The number of benzene rings is 2. The molecular formula is C22H26O4. The summed E-state index contributed by atoms with van der Waals surface area (Å²) in [5.74, 6) is 2.02. The maximum absolute atomic E-state index is 12.3. The van der Waals surface area contributed by atoms with Gasteiger partial charge in [-0.15, -0.1) is 0 Å². The van der Waals surface area contributed by atoms with Crippen molar-refractivity contribution in [2.75, 3.05) is 21.3 Å². The van der Waals surface area contributed by atoms with E-state index in [1.54, 1.807) is 14.2 Å². The number of ether oxygens (including phenoxy) is 3. The lowest BCUT2D eigenvalue weighted by Crippen LogP contribution is -2.36. The molecule has 0 spiro atoms. The number of hydrogen-bond donors (Lipinski definition) is 0. The molecule has 0 saturated heterocycles. The van der Waals surface area contributed by atoms with Gasteiger partial charge in [0.05, 0.1) is 27.2 Å². The zero-order valence-electron chi connectivity index (χ0n) is 15.9. The third-order valence-corrected chi connectivity index (χ3v) is 6.78.